The normalized spacial score (nSPS) is 14.0. The van der Waals surface area contributed by atoms with Gasteiger partial charge in [-0.2, -0.15) is 5.10 Å². The van der Waals surface area contributed by atoms with Crippen molar-refractivity contribution in [2.45, 2.75) is 38.0 Å². The summed E-state index contributed by atoms with van der Waals surface area (Å²) < 4.78 is 1.88. The molecule has 1 aliphatic heterocycles. The Morgan fingerprint density at radius 3 is 2.57 bits per heavy atom. The van der Waals surface area contributed by atoms with Gasteiger partial charge in [-0.25, -0.2) is 9.97 Å². The minimum Gasteiger partial charge on any atom is -0.368 e. The molecule has 1 aliphatic rings. The highest BCUT2D eigenvalue weighted by molar-refractivity contribution is 6.30. The Balaban J connectivity index is 1.40. The fourth-order valence-corrected chi connectivity index (χ4v) is 4.45. The highest BCUT2D eigenvalue weighted by Gasteiger charge is 2.32. The number of aliphatic hydroxyl groups is 2. The maximum atomic E-state index is 13.1. The van der Waals surface area contributed by atoms with Gasteiger partial charge in [-0.3, -0.25) is 9.48 Å². The van der Waals surface area contributed by atoms with Crippen molar-refractivity contribution in [1.29, 1.82) is 0 Å². The first-order chi connectivity index (χ1) is 17.0. The van der Waals surface area contributed by atoms with Gasteiger partial charge in [0.25, 0.3) is 5.91 Å². The van der Waals surface area contributed by atoms with Crippen molar-refractivity contribution in [1.82, 2.24) is 24.6 Å². The Morgan fingerprint density at radius 1 is 1.06 bits per heavy atom. The van der Waals surface area contributed by atoms with Gasteiger partial charge < -0.3 is 15.1 Å². The third-order valence-corrected chi connectivity index (χ3v) is 6.53. The number of benzene rings is 2. The van der Waals surface area contributed by atoms with Crippen molar-refractivity contribution >= 4 is 28.5 Å². The van der Waals surface area contributed by atoms with Crippen molar-refractivity contribution in [2.24, 2.45) is 0 Å². The van der Waals surface area contributed by atoms with Gasteiger partial charge in [0, 0.05) is 41.6 Å². The zero-order chi connectivity index (χ0) is 24.4. The van der Waals surface area contributed by atoms with E-state index in [0.717, 1.165) is 23.4 Å². The highest BCUT2D eigenvalue weighted by atomic mass is 35.5. The zero-order valence-corrected chi connectivity index (χ0v) is 19.8. The van der Waals surface area contributed by atoms with Crippen LogP contribution in [0.1, 0.15) is 41.4 Å². The predicted octanol–water partition coefficient (Wildman–Crippen LogP) is 3.87. The maximum absolute atomic E-state index is 13.1. The van der Waals surface area contributed by atoms with Crippen LogP contribution < -0.4 is 0 Å². The molecule has 35 heavy (non-hydrogen) atoms. The summed E-state index contributed by atoms with van der Waals surface area (Å²) in [6.07, 6.45) is 4.68. The molecule has 0 saturated carbocycles. The van der Waals surface area contributed by atoms with Gasteiger partial charge in [0.15, 0.2) is 6.29 Å². The molecule has 9 heteroatoms. The number of carbonyl (C=O) groups excluding carboxylic acids is 1. The summed E-state index contributed by atoms with van der Waals surface area (Å²) in [6.45, 7) is 1.25. The molecule has 2 aromatic heterocycles. The summed E-state index contributed by atoms with van der Waals surface area (Å²) in [7, 11) is 0. The van der Waals surface area contributed by atoms with E-state index in [1.165, 1.54) is 0 Å². The largest absolute Gasteiger partial charge is 0.368 e. The van der Waals surface area contributed by atoms with Crippen LogP contribution >= 0.6 is 11.6 Å². The molecule has 8 nitrogen and oxygen atoms in total. The summed E-state index contributed by atoms with van der Waals surface area (Å²) in [5.41, 5.74) is 4.43. The van der Waals surface area contributed by atoms with Crippen molar-refractivity contribution in [3.05, 3.63) is 77.2 Å². The van der Waals surface area contributed by atoms with Gasteiger partial charge in [-0.1, -0.05) is 23.7 Å². The van der Waals surface area contributed by atoms with E-state index in [-0.39, 0.29) is 11.9 Å². The van der Waals surface area contributed by atoms with Crippen LogP contribution in [0.5, 0.6) is 0 Å². The monoisotopic (exact) mass is 491 g/mol. The minimum atomic E-state index is -1.31. The molecule has 0 atom stereocenters. The quantitative estimate of drug-likeness (QED) is 0.286. The van der Waals surface area contributed by atoms with Gasteiger partial charge in [0.05, 0.1) is 28.5 Å². The number of halogens is 1. The lowest BCUT2D eigenvalue weighted by atomic mass is 10.0. The van der Waals surface area contributed by atoms with Crippen LogP contribution in [-0.4, -0.2) is 60.1 Å². The van der Waals surface area contributed by atoms with E-state index in [0.29, 0.717) is 54.0 Å². The summed E-state index contributed by atoms with van der Waals surface area (Å²) in [6, 6.07) is 15.0. The van der Waals surface area contributed by atoms with Crippen LogP contribution in [0.3, 0.4) is 0 Å². The number of nitrogens with zero attached hydrogens (tertiary/aromatic N) is 5. The first-order valence-electron chi connectivity index (χ1n) is 11.7. The fourth-order valence-electron chi connectivity index (χ4n) is 4.32. The molecule has 5 rings (SSSR count). The lowest BCUT2D eigenvalue weighted by Crippen LogP contribution is -2.50. The van der Waals surface area contributed by atoms with E-state index in [1.54, 1.807) is 18.3 Å². The number of hydrogen-bond donors (Lipinski definition) is 2. The maximum Gasteiger partial charge on any atom is 0.254 e. The second-order valence-electron chi connectivity index (χ2n) is 8.81. The standard InChI is InChI=1S/C26H26ClN5O3/c27-19-9-6-17(7-10-19)25-22(4-1-2-5-24(33)34)29-23-14-18(8-11-21(23)30-25)26(35)31-15-20(16-31)32-13-3-12-28-32/h3,6-14,20,24,33-34H,1-2,4-5,15-16H2. The van der Waals surface area contributed by atoms with Gasteiger partial charge in [0.2, 0.25) is 0 Å². The molecule has 180 valence electrons. The lowest BCUT2D eigenvalue weighted by Gasteiger charge is -2.39. The molecule has 0 spiro atoms. The Kier molecular flexibility index (Phi) is 6.77. The molecular weight excluding hydrogens is 466 g/mol. The highest BCUT2D eigenvalue weighted by Crippen LogP contribution is 2.28. The molecule has 1 saturated heterocycles. The van der Waals surface area contributed by atoms with Crippen molar-refractivity contribution in [3.8, 4) is 11.3 Å². The summed E-state index contributed by atoms with van der Waals surface area (Å²) in [5.74, 6) is -0.0302. The number of likely N-dealkylation sites (tertiary alicyclic amines) is 1. The minimum absolute atomic E-state index is 0.0302. The molecule has 4 aromatic rings. The van der Waals surface area contributed by atoms with Crippen LogP contribution in [-0.2, 0) is 6.42 Å². The molecule has 0 bridgehead atoms. The first-order valence-corrected chi connectivity index (χ1v) is 12.1. The van der Waals surface area contributed by atoms with E-state index in [1.807, 2.05) is 52.2 Å². The van der Waals surface area contributed by atoms with Gasteiger partial charge in [-0.05, 0) is 62.1 Å². The van der Waals surface area contributed by atoms with E-state index < -0.39 is 6.29 Å². The molecule has 2 aromatic carbocycles. The third kappa shape index (κ3) is 5.19. The smallest absolute Gasteiger partial charge is 0.254 e. The van der Waals surface area contributed by atoms with Crippen LogP contribution in [0.2, 0.25) is 5.02 Å². The van der Waals surface area contributed by atoms with E-state index >= 15 is 0 Å². The molecule has 3 heterocycles. The lowest BCUT2D eigenvalue weighted by molar-refractivity contribution is -0.0465. The van der Waals surface area contributed by atoms with E-state index in [9.17, 15) is 4.79 Å². The van der Waals surface area contributed by atoms with Gasteiger partial charge in [-0.15, -0.1) is 0 Å². The number of amides is 1. The number of unbranched alkanes of at least 4 members (excludes halogenated alkanes) is 1. The second-order valence-corrected chi connectivity index (χ2v) is 9.24. The molecule has 0 aliphatic carbocycles. The number of hydrogen-bond acceptors (Lipinski definition) is 6. The van der Waals surface area contributed by atoms with Gasteiger partial charge in [0.1, 0.15) is 0 Å². The SMILES string of the molecule is O=C(c1ccc2nc(-c3ccc(Cl)cc3)c(CCCCC(O)O)nc2c1)N1CC(n2cccn2)C1. The van der Waals surface area contributed by atoms with Crippen molar-refractivity contribution < 1.29 is 15.0 Å². The summed E-state index contributed by atoms with van der Waals surface area (Å²) >= 11 is 6.07. The second kappa shape index (κ2) is 10.1. The topological polar surface area (TPSA) is 104 Å². The number of aliphatic hydroxyl groups excluding tert-OH is 1. The van der Waals surface area contributed by atoms with Crippen LogP contribution in [0, 0.1) is 0 Å². The number of aromatic nitrogens is 4. The molecule has 0 radical (unpaired) electrons. The van der Waals surface area contributed by atoms with Crippen LogP contribution in [0.4, 0.5) is 0 Å². The zero-order valence-electron chi connectivity index (χ0n) is 19.1. The summed E-state index contributed by atoms with van der Waals surface area (Å²) in [4.78, 5) is 24.6. The van der Waals surface area contributed by atoms with Gasteiger partial charge >= 0.3 is 0 Å². The van der Waals surface area contributed by atoms with Crippen LogP contribution in [0.25, 0.3) is 22.3 Å². The predicted molar refractivity (Wildman–Crippen MR) is 133 cm³/mol. The van der Waals surface area contributed by atoms with E-state index in [4.69, 9.17) is 31.8 Å². The average Bonchev–Trinajstić information content (AvgIpc) is 3.35. The molecular formula is C26H26ClN5O3. The average molecular weight is 492 g/mol. The Morgan fingerprint density at radius 2 is 1.86 bits per heavy atom. The molecule has 1 fully saturated rings. The molecule has 2 N–H and O–H groups in total. The Bertz CT molecular complexity index is 1320. The fraction of sp³-hybridized carbons (Fsp3) is 0.308. The van der Waals surface area contributed by atoms with Crippen molar-refractivity contribution in [3.63, 3.8) is 0 Å². The molecule has 0 unspecified atom stereocenters. The number of aryl methyl sites for hydroxylation is 1. The number of carbonyl (C=O) groups is 1. The number of fused-ring (bicyclic) bond motifs is 1. The number of rotatable bonds is 8. The van der Waals surface area contributed by atoms with E-state index in [2.05, 4.69) is 5.10 Å². The van der Waals surface area contributed by atoms with Crippen LogP contribution in [0.15, 0.2) is 60.9 Å². The summed E-state index contributed by atoms with van der Waals surface area (Å²) in [5, 5.41) is 23.2. The third-order valence-electron chi connectivity index (χ3n) is 6.28. The Hall–Kier alpha value is -3.33. The van der Waals surface area contributed by atoms with Crippen molar-refractivity contribution in [2.75, 3.05) is 13.1 Å². The Labute approximate surface area is 207 Å². The molecule has 1 amide bonds. The first kappa shape index (κ1) is 23.4.